The molecule has 0 aliphatic rings. The molecule has 0 N–H and O–H groups in total. The lowest BCUT2D eigenvalue weighted by molar-refractivity contribution is -0.385. The lowest BCUT2D eigenvalue weighted by Gasteiger charge is -2.10. The molecule has 0 fully saturated rings. The van der Waals surface area contributed by atoms with Gasteiger partial charge in [-0.3, -0.25) is 14.9 Å². The van der Waals surface area contributed by atoms with Gasteiger partial charge in [-0.15, -0.1) is 0 Å². The van der Waals surface area contributed by atoms with Crippen LogP contribution in [-0.4, -0.2) is 25.5 Å². The highest BCUT2D eigenvalue weighted by Crippen LogP contribution is 2.37. The molecule has 1 aromatic heterocycles. The third-order valence-electron chi connectivity index (χ3n) is 4.85. The number of allylic oxidation sites excluding steroid dienone is 1. The van der Waals surface area contributed by atoms with Gasteiger partial charge in [-0.05, 0) is 60.2 Å². The highest BCUT2D eigenvalue weighted by molar-refractivity contribution is 6.06. The van der Waals surface area contributed by atoms with Gasteiger partial charge in [0.1, 0.15) is 18.4 Å². The maximum atomic E-state index is 12.9. The number of carbonyl (C=O) groups excluding carboxylic acids is 1. The second-order valence-electron chi connectivity index (χ2n) is 7.19. The van der Waals surface area contributed by atoms with Crippen molar-refractivity contribution in [3.05, 3.63) is 112 Å². The van der Waals surface area contributed by atoms with Crippen molar-refractivity contribution in [3.8, 4) is 17.2 Å². The van der Waals surface area contributed by atoms with Crippen LogP contribution in [0.1, 0.15) is 21.5 Å². The van der Waals surface area contributed by atoms with Gasteiger partial charge in [-0.25, -0.2) is 9.67 Å². The Morgan fingerprint density at radius 2 is 1.74 bits per heavy atom. The number of alkyl halides is 3. The number of rotatable bonds is 7. The van der Waals surface area contributed by atoms with Crippen molar-refractivity contribution in [2.24, 2.45) is 0 Å². The Balaban J connectivity index is 1.44. The fraction of sp³-hybridized carbons (Fsp3) is 0.0417. The van der Waals surface area contributed by atoms with Gasteiger partial charge in [-0.2, -0.15) is 18.3 Å². The Bertz CT molecular complexity index is 1380. The molecule has 0 atom stereocenters. The smallest absolute Gasteiger partial charge is 0.416 e. The van der Waals surface area contributed by atoms with Gasteiger partial charge in [0.15, 0.2) is 5.78 Å². The number of ketones is 1. The van der Waals surface area contributed by atoms with E-state index in [-0.39, 0.29) is 17.3 Å². The van der Waals surface area contributed by atoms with Crippen LogP contribution < -0.4 is 4.74 Å². The molecule has 0 unspecified atom stereocenters. The summed E-state index contributed by atoms with van der Waals surface area (Å²) < 4.78 is 45.5. The van der Waals surface area contributed by atoms with E-state index in [2.05, 4.69) is 10.1 Å². The average Bonchev–Trinajstić information content (AvgIpc) is 3.38. The van der Waals surface area contributed by atoms with Crippen LogP contribution in [0.15, 0.2) is 85.5 Å². The fourth-order valence-electron chi connectivity index (χ4n) is 3.08. The molecule has 4 aromatic rings. The molecule has 11 heteroatoms. The zero-order chi connectivity index (χ0) is 25.0. The lowest BCUT2D eigenvalue weighted by Crippen LogP contribution is -2.06. The van der Waals surface area contributed by atoms with Crippen molar-refractivity contribution < 1.29 is 27.6 Å². The summed E-state index contributed by atoms with van der Waals surface area (Å²) in [5, 5.41) is 15.2. The summed E-state index contributed by atoms with van der Waals surface area (Å²) in [5.74, 6) is -0.522. The summed E-state index contributed by atoms with van der Waals surface area (Å²) >= 11 is 0. The second kappa shape index (κ2) is 9.59. The first-order chi connectivity index (χ1) is 16.7. The minimum atomic E-state index is -4.72. The highest BCUT2D eigenvalue weighted by atomic mass is 19.4. The molecule has 0 aliphatic heterocycles. The van der Waals surface area contributed by atoms with E-state index < -0.39 is 22.4 Å². The van der Waals surface area contributed by atoms with Crippen molar-refractivity contribution in [2.75, 3.05) is 0 Å². The van der Waals surface area contributed by atoms with E-state index in [1.165, 1.54) is 36.7 Å². The van der Waals surface area contributed by atoms with E-state index in [0.29, 0.717) is 17.7 Å². The number of carbonyl (C=O) groups is 1. The third-order valence-corrected chi connectivity index (χ3v) is 4.85. The second-order valence-corrected chi connectivity index (χ2v) is 7.19. The van der Waals surface area contributed by atoms with Gasteiger partial charge in [0.2, 0.25) is 5.75 Å². The van der Waals surface area contributed by atoms with Crippen LogP contribution >= 0.6 is 0 Å². The molecule has 3 aromatic carbocycles. The topological polar surface area (TPSA) is 100 Å². The first-order valence-corrected chi connectivity index (χ1v) is 10.0. The molecule has 8 nitrogen and oxygen atoms in total. The summed E-state index contributed by atoms with van der Waals surface area (Å²) in [6.07, 6.45) is 1.30. The quantitative estimate of drug-likeness (QED) is 0.142. The molecule has 1 heterocycles. The van der Waals surface area contributed by atoms with Crippen LogP contribution in [0.3, 0.4) is 0 Å². The highest BCUT2D eigenvalue weighted by Gasteiger charge is 2.33. The predicted molar refractivity (Wildman–Crippen MR) is 119 cm³/mol. The molecule has 0 bridgehead atoms. The first-order valence-electron chi connectivity index (χ1n) is 10.0. The minimum absolute atomic E-state index is 0.122. The molecule has 4 rings (SSSR count). The van der Waals surface area contributed by atoms with Crippen LogP contribution in [0.5, 0.6) is 11.5 Å². The van der Waals surface area contributed by atoms with Crippen LogP contribution in [0.25, 0.3) is 11.8 Å². The van der Waals surface area contributed by atoms with Crippen molar-refractivity contribution in [1.82, 2.24) is 14.8 Å². The maximum Gasteiger partial charge on any atom is 0.416 e. The summed E-state index contributed by atoms with van der Waals surface area (Å²) in [5.41, 5.74) is -0.0450. The maximum absolute atomic E-state index is 12.9. The molecular formula is C24H15F3N4O4. The minimum Gasteiger partial charge on any atom is -0.450 e. The zero-order valence-corrected chi connectivity index (χ0v) is 17.7. The number of hydrogen-bond acceptors (Lipinski definition) is 6. The molecule has 0 amide bonds. The van der Waals surface area contributed by atoms with Crippen molar-refractivity contribution in [1.29, 1.82) is 0 Å². The number of halogens is 3. The van der Waals surface area contributed by atoms with E-state index in [4.69, 9.17) is 4.74 Å². The number of nitrogens with zero attached hydrogens (tertiary/aromatic N) is 4. The summed E-state index contributed by atoms with van der Waals surface area (Å²) in [7, 11) is 0. The molecule has 0 radical (unpaired) electrons. The van der Waals surface area contributed by atoms with Gasteiger partial charge in [0.05, 0.1) is 16.2 Å². The van der Waals surface area contributed by atoms with E-state index >= 15 is 0 Å². The SMILES string of the molecule is O=C(/C=C/c1ccc(-n2cncn2)cc1)c1ccc(Oc2ccc(C(F)(F)F)cc2[N+](=O)[O-])cc1. The Morgan fingerprint density at radius 3 is 2.34 bits per heavy atom. The molecule has 0 spiro atoms. The van der Waals surface area contributed by atoms with E-state index in [1.807, 2.05) is 24.3 Å². The summed E-state index contributed by atoms with van der Waals surface area (Å²) in [4.78, 5) is 26.6. The number of nitro groups is 1. The van der Waals surface area contributed by atoms with Crippen LogP contribution in [-0.2, 0) is 6.18 Å². The standard InChI is InChI=1S/C24H15F3N4O4/c25-24(26,27)18-6-12-23(21(13-18)31(33)34)35-20-9-4-17(5-10-20)22(32)11-3-16-1-7-19(8-2-16)30-15-28-14-29-30/h1-15H/b11-3+. The Kier molecular flexibility index (Phi) is 6.40. The average molecular weight is 480 g/mol. The molecule has 35 heavy (non-hydrogen) atoms. The third kappa shape index (κ3) is 5.58. The van der Waals surface area contributed by atoms with E-state index in [0.717, 1.165) is 17.3 Å². The van der Waals surface area contributed by atoms with Gasteiger partial charge in [-0.1, -0.05) is 18.2 Å². The van der Waals surface area contributed by atoms with Crippen LogP contribution in [0.4, 0.5) is 18.9 Å². The predicted octanol–water partition coefficient (Wildman–Crippen LogP) is 5.88. The first kappa shape index (κ1) is 23.4. The van der Waals surface area contributed by atoms with Crippen molar-refractivity contribution >= 4 is 17.5 Å². The van der Waals surface area contributed by atoms with E-state index in [9.17, 15) is 28.1 Å². The van der Waals surface area contributed by atoms with Gasteiger partial charge < -0.3 is 4.74 Å². The molecule has 0 saturated carbocycles. The molecule has 0 aliphatic carbocycles. The molecule has 176 valence electrons. The monoisotopic (exact) mass is 480 g/mol. The van der Waals surface area contributed by atoms with Crippen molar-refractivity contribution in [3.63, 3.8) is 0 Å². The molecule has 0 saturated heterocycles. The molecular weight excluding hydrogens is 465 g/mol. The van der Waals surface area contributed by atoms with Gasteiger partial charge in [0.25, 0.3) is 0 Å². The number of hydrogen-bond donors (Lipinski definition) is 0. The van der Waals surface area contributed by atoms with Gasteiger partial charge >= 0.3 is 11.9 Å². The van der Waals surface area contributed by atoms with Crippen LogP contribution in [0.2, 0.25) is 0 Å². The number of aromatic nitrogens is 3. The number of benzene rings is 3. The number of nitro benzene ring substituents is 1. The Hall–Kier alpha value is -4.80. The Morgan fingerprint density at radius 1 is 1.03 bits per heavy atom. The summed E-state index contributed by atoms with van der Waals surface area (Å²) in [6, 6.07) is 15.0. The lowest BCUT2D eigenvalue weighted by atomic mass is 10.1. The van der Waals surface area contributed by atoms with Crippen LogP contribution in [0, 0.1) is 10.1 Å². The van der Waals surface area contributed by atoms with Gasteiger partial charge in [0, 0.05) is 11.6 Å². The summed E-state index contributed by atoms with van der Waals surface area (Å²) in [6.45, 7) is 0. The fourth-order valence-corrected chi connectivity index (χ4v) is 3.08. The zero-order valence-electron chi connectivity index (χ0n) is 17.7. The van der Waals surface area contributed by atoms with E-state index in [1.54, 1.807) is 17.1 Å². The Labute approximate surface area is 196 Å². The largest absolute Gasteiger partial charge is 0.450 e. The number of ether oxygens (including phenoxy) is 1. The van der Waals surface area contributed by atoms with Crippen molar-refractivity contribution in [2.45, 2.75) is 6.18 Å². The normalized spacial score (nSPS) is 11.5.